The molecular formula is C18H19N5O. The van der Waals surface area contributed by atoms with Crippen molar-refractivity contribution in [2.75, 3.05) is 0 Å². The molecule has 6 nitrogen and oxygen atoms in total. The van der Waals surface area contributed by atoms with Crippen LogP contribution < -0.4 is 5.32 Å². The molecule has 1 amide bonds. The Morgan fingerprint density at radius 1 is 1.29 bits per heavy atom. The van der Waals surface area contributed by atoms with Crippen LogP contribution in [0.4, 0.5) is 0 Å². The summed E-state index contributed by atoms with van der Waals surface area (Å²) < 4.78 is 2.01. The van der Waals surface area contributed by atoms with Crippen LogP contribution in [-0.2, 0) is 13.1 Å². The van der Waals surface area contributed by atoms with Gasteiger partial charge in [0.05, 0.1) is 6.33 Å². The minimum absolute atomic E-state index is 0.141. The van der Waals surface area contributed by atoms with E-state index in [0.717, 1.165) is 17.8 Å². The number of nitrogens with zero attached hydrogens (tertiary/aromatic N) is 3. The Morgan fingerprint density at radius 2 is 2.17 bits per heavy atom. The fourth-order valence-corrected chi connectivity index (χ4v) is 2.76. The fourth-order valence-electron chi connectivity index (χ4n) is 2.76. The predicted octanol–water partition coefficient (Wildman–Crippen LogP) is 2.46. The van der Waals surface area contributed by atoms with Crippen LogP contribution in [0.3, 0.4) is 0 Å². The number of amides is 1. The first-order chi connectivity index (χ1) is 11.8. The number of H-pyrrole nitrogens is 1. The van der Waals surface area contributed by atoms with Gasteiger partial charge in [-0.25, -0.2) is 4.98 Å². The molecule has 4 rings (SSSR count). The maximum absolute atomic E-state index is 12.2. The molecule has 2 heterocycles. The largest absolute Gasteiger partial charge is 0.347 e. The molecule has 1 fully saturated rings. The summed E-state index contributed by atoms with van der Waals surface area (Å²) in [6, 6.07) is 10.1. The first-order valence-corrected chi connectivity index (χ1v) is 8.15. The molecule has 2 aromatic heterocycles. The molecule has 1 aliphatic carbocycles. The Morgan fingerprint density at radius 3 is 2.96 bits per heavy atom. The van der Waals surface area contributed by atoms with Crippen molar-refractivity contribution in [1.82, 2.24) is 25.1 Å². The third-order valence-electron chi connectivity index (χ3n) is 4.22. The molecule has 1 aromatic carbocycles. The van der Waals surface area contributed by atoms with Crippen LogP contribution in [0, 0.1) is 0 Å². The highest BCUT2D eigenvalue weighted by Crippen LogP contribution is 2.38. The molecule has 6 heteroatoms. The lowest BCUT2D eigenvalue weighted by Gasteiger charge is -2.07. The second-order valence-electron chi connectivity index (χ2n) is 6.22. The van der Waals surface area contributed by atoms with Gasteiger partial charge in [-0.2, -0.15) is 5.10 Å². The van der Waals surface area contributed by atoms with Crippen molar-refractivity contribution in [2.24, 2.45) is 0 Å². The summed E-state index contributed by atoms with van der Waals surface area (Å²) in [4.78, 5) is 16.3. The Labute approximate surface area is 139 Å². The molecule has 0 saturated heterocycles. The summed E-state index contributed by atoms with van der Waals surface area (Å²) in [6.07, 6.45) is 7.87. The molecule has 0 bridgehead atoms. The Balaban J connectivity index is 1.37. The number of rotatable bonds is 6. The van der Waals surface area contributed by atoms with Crippen molar-refractivity contribution in [1.29, 1.82) is 0 Å². The molecule has 0 unspecified atom stereocenters. The second-order valence-corrected chi connectivity index (χ2v) is 6.22. The standard InChI is InChI=1S/C18H19N5O/c24-18(17-9-16(21-22-17)15-4-5-15)20-10-13-2-1-3-14(8-13)11-23-7-6-19-12-23/h1-3,6-9,12,15H,4-5,10-11H2,(H,20,24)(H,21,22). The van der Waals surface area contributed by atoms with Crippen LogP contribution in [-0.4, -0.2) is 25.7 Å². The summed E-state index contributed by atoms with van der Waals surface area (Å²) >= 11 is 0. The fraction of sp³-hybridized carbons (Fsp3) is 0.278. The summed E-state index contributed by atoms with van der Waals surface area (Å²) in [5.41, 5.74) is 3.78. The third kappa shape index (κ3) is 3.37. The van der Waals surface area contributed by atoms with Gasteiger partial charge in [0.2, 0.25) is 0 Å². The highest BCUT2D eigenvalue weighted by molar-refractivity contribution is 5.92. The number of imidazole rings is 1. The van der Waals surface area contributed by atoms with Crippen LogP contribution in [0.1, 0.15) is 46.1 Å². The zero-order chi connectivity index (χ0) is 16.4. The molecule has 3 aromatic rings. The lowest BCUT2D eigenvalue weighted by molar-refractivity contribution is 0.0946. The van der Waals surface area contributed by atoms with E-state index >= 15 is 0 Å². The monoisotopic (exact) mass is 321 g/mol. The van der Waals surface area contributed by atoms with Crippen molar-refractivity contribution in [3.8, 4) is 0 Å². The number of hydrogen-bond donors (Lipinski definition) is 2. The second kappa shape index (κ2) is 6.31. The Kier molecular flexibility index (Phi) is 3.86. The van der Waals surface area contributed by atoms with Crippen LogP contribution in [0.5, 0.6) is 0 Å². The predicted molar refractivity (Wildman–Crippen MR) is 89.5 cm³/mol. The molecule has 0 radical (unpaired) electrons. The lowest BCUT2D eigenvalue weighted by atomic mass is 10.1. The summed E-state index contributed by atoms with van der Waals surface area (Å²) in [5.74, 6) is 0.428. The maximum atomic E-state index is 12.2. The van der Waals surface area contributed by atoms with Gasteiger partial charge >= 0.3 is 0 Å². The van der Waals surface area contributed by atoms with Crippen LogP contribution in [0.2, 0.25) is 0 Å². The van der Waals surface area contributed by atoms with Crippen molar-refractivity contribution < 1.29 is 4.79 Å². The molecule has 1 saturated carbocycles. The van der Waals surface area contributed by atoms with Crippen molar-refractivity contribution in [3.05, 3.63) is 71.6 Å². The quantitative estimate of drug-likeness (QED) is 0.732. The first-order valence-electron chi connectivity index (χ1n) is 8.15. The van der Waals surface area contributed by atoms with E-state index in [1.165, 1.54) is 18.4 Å². The average molecular weight is 321 g/mol. The molecule has 122 valence electrons. The molecule has 2 N–H and O–H groups in total. The van der Waals surface area contributed by atoms with Crippen molar-refractivity contribution in [2.45, 2.75) is 31.8 Å². The van der Waals surface area contributed by atoms with Gasteiger partial charge in [-0.3, -0.25) is 9.89 Å². The highest BCUT2D eigenvalue weighted by atomic mass is 16.1. The maximum Gasteiger partial charge on any atom is 0.272 e. The number of aromatic amines is 1. The van der Waals surface area contributed by atoms with Crippen LogP contribution in [0.15, 0.2) is 49.1 Å². The van der Waals surface area contributed by atoms with E-state index in [1.807, 2.05) is 29.0 Å². The first kappa shape index (κ1) is 14.7. The minimum atomic E-state index is -0.141. The summed E-state index contributed by atoms with van der Waals surface area (Å²) in [6.45, 7) is 1.26. The number of nitrogens with one attached hydrogen (secondary N) is 2. The normalized spacial score (nSPS) is 13.8. The van der Waals surface area contributed by atoms with Gasteiger partial charge in [-0.05, 0) is 30.0 Å². The smallest absolute Gasteiger partial charge is 0.272 e. The Hall–Kier alpha value is -2.89. The number of benzene rings is 1. The van der Waals surface area contributed by atoms with E-state index in [4.69, 9.17) is 0 Å². The lowest BCUT2D eigenvalue weighted by Crippen LogP contribution is -2.23. The van der Waals surface area contributed by atoms with Gasteiger partial charge in [0.25, 0.3) is 5.91 Å². The number of hydrogen-bond acceptors (Lipinski definition) is 3. The van der Waals surface area contributed by atoms with Crippen molar-refractivity contribution in [3.63, 3.8) is 0 Å². The summed E-state index contributed by atoms with van der Waals surface area (Å²) in [7, 11) is 0. The van der Waals surface area contributed by atoms with E-state index in [1.54, 1.807) is 12.5 Å². The zero-order valence-electron chi connectivity index (χ0n) is 13.3. The van der Waals surface area contributed by atoms with Gasteiger partial charge < -0.3 is 9.88 Å². The minimum Gasteiger partial charge on any atom is -0.347 e. The molecular weight excluding hydrogens is 302 g/mol. The van der Waals surface area contributed by atoms with E-state index in [0.29, 0.717) is 18.2 Å². The number of aromatic nitrogens is 4. The van der Waals surface area contributed by atoms with Crippen LogP contribution >= 0.6 is 0 Å². The zero-order valence-corrected chi connectivity index (χ0v) is 13.3. The molecule has 24 heavy (non-hydrogen) atoms. The average Bonchev–Trinajstić information content (AvgIpc) is 3.10. The van der Waals surface area contributed by atoms with Crippen LogP contribution in [0.25, 0.3) is 0 Å². The molecule has 0 aliphatic heterocycles. The molecule has 0 spiro atoms. The van der Waals surface area contributed by atoms with Crippen molar-refractivity contribution >= 4 is 5.91 Å². The molecule has 0 atom stereocenters. The number of carbonyl (C=O) groups excluding carboxylic acids is 1. The Bertz CT molecular complexity index is 833. The van der Waals surface area contributed by atoms with Gasteiger partial charge in [-0.15, -0.1) is 0 Å². The van der Waals surface area contributed by atoms with E-state index in [-0.39, 0.29) is 5.91 Å². The van der Waals surface area contributed by atoms with E-state index in [9.17, 15) is 4.79 Å². The topological polar surface area (TPSA) is 75.6 Å². The van der Waals surface area contributed by atoms with Gasteiger partial charge in [0.15, 0.2) is 0 Å². The van der Waals surface area contributed by atoms with Gasteiger partial charge in [0, 0.05) is 37.1 Å². The molecule has 1 aliphatic rings. The van der Waals surface area contributed by atoms with E-state index < -0.39 is 0 Å². The SMILES string of the molecule is O=C(NCc1cccc(Cn2ccnc2)c1)c1cc(C2CC2)[nH]n1. The third-order valence-corrected chi connectivity index (χ3v) is 4.22. The van der Waals surface area contributed by atoms with E-state index in [2.05, 4.69) is 32.6 Å². The highest BCUT2D eigenvalue weighted by Gasteiger charge is 2.26. The van der Waals surface area contributed by atoms with Gasteiger partial charge in [-0.1, -0.05) is 24.3 Å². The van der Waals surface area contributed by atoms with Gasteiger partial charge in [0.1, 0.15) is 5.69 Å². The number of carbonyl (C=O) groups is 1. The summed E-state index contributed by atoms with van der Waals surface area (Å²) in [5, 5.41) is 10.0.